The van der Waals surface area contributed by atoms with Crippen LogP contribution in [0.3, 0.4) is 0 Å². The number of nitrogens with one attached hydrogen (secondary N) is 2. The molecule has 1 aromatic carbocycles. The lowest BCUT2D eigenvalue weighted by molar-refractivity contribution is 0.494. The normalized spacial score (nSPS) is 11.6. The van der Waals surface area contributed by atoms with Crippen LogP contribution in [0.15, 0.2) is 33.6 Å². The van der Waals surface area contributed by atoms with E-state index in [1.54, 1.807) is 20.9 Å². The third-order valence-corrected chi connectivity index (χ3v) is 4.62. The molecule has 7 heteroatoms. The van der Waals surface area contributed by atoms with Gasteiger partial charge in [-0.25, -0.2) is 12.8 Å². The van der Waals surface area contributed by atoms with Gasteiger partial charge in [0.15, 0.2) is 0 Å². The summed E-state index contributed by atoms with van der Waals surface area (Å²) in [6, 6.07) is 5.12. The molecule has 0 fully saturated rings. The molecule has 2 rings (SSSR count). The zero-order valence-electron chi connectivity index (χ0n) is 12.0. The van der Waals surface area contributed by atoms with Crippen molar-refractivity contribution in [1.29, 1.82) is 0 Å². The lowest BCUT2D eigenvalue weighted by atomic mass is 10.2. The second-order valence-electron chi connectivity index (χ2n) is 4.66. The van der Waals surface area contributed by atoms with Crippen LogP contribution in [0.4, 0.5) is 10.1 Å². The first kappa shape index (κ1) is 15.5. The number of sulfonamides is 1. The summed E-state index contributed by atoms with van der Waals surface area (Å²) in [5, 5.41) is 2.92. The van der Waals surface area contributed by atoms with E-state index in [9.17, 15) is 12.8 Å². The third-order valence-electron chi connectivity index (χ3n) is 3.04. The van der Waals surface area contributed by atoms with E-state index in [1.165, 1.54) is 24.3 Å². The molecule has 0 aliphatic rings. The summed E-state index contributed by atoms with van der Waals surface area (Å²) in [5.41, 5.74) is 0.884. The summed E-state index contributed by atoms with van der Waals surface area (Å²) < 4.78 is 45.8. The summed E-state index contributed by atoms with van der Waals surface area (Å²) in [6.45, 7) is 3.70. The van der Waals surface area contributed by atoms with E-state index in [-0.39, 0.29) is 4.90 Å². The monoisotopic (exact) mass is 312 g/mol. The van der Waals surface area contributed by atoms with Gasteiger partial charge < -0.3 is 9.73 Å². The number of hydrogen-bond acceptors (Lipinski definition) is 4. The minimum Gasteiger partial charge on any atom is -0.465 e. The maximum atomic E-state index is 12.9. The smallest absolute Gasteiger partial charge is 0.265 e. The molecule has 2 aromatic rings. The van der Waals surface area contributed by atoms with Crippen LogP contribution >= 0.6 is 0 Å². The van der Waals surface area contributed by atoms with Gasteiger partial charge in [0, 0.05) is 17.8 Å². The molecule has 0 amide bonds. The molecule has 0 saturated heterocycles. The minimum atomic E-state index is -3.80. The average Bonchev–Trinajstić information content (AvgIpc) is 2.68. The van der Waals surface area contributed by atoms with Crippen molar-refractivity contribution in [2.24, 2.45) is 0 Å². The number of furan rings is 1. The Morgan fingerprint density at radius 1 is 1.14 bits per heavy atom. The highest BCUT2D eigenvalue weighted by molar-refractivity contribution is 7.92. The Bertz CT molecular complexity index is 736. The zero-order chi connectivity index (χ0) is 15.6. The molecule has 0 bridgehead atoms. The van der Waals surface area contributed by atoms with Crippen molar-refractivity contribution in [3.05, 3.63) is 47.2 Å². The van der Waals surface area contributed by atoms with Gasteiger partial charge >= 0.3 is 0 Å². The molecular formula is C14H17FN2O3S. The van der Waals surface area contributed by atoms with Crippen LogP contribution in [0, 0.1) is 19.7 Å². The molecule has 1 aromatic heterocycles. The highest BCUT2D eigenvalue weighted by Gasteiger charge is 2.26. The Morgan fingerprint density at radius 3 is 2.33 bits per heavy atom. The molecule has 0 aliphatic carbocycles. The van der Waals surface area contributed by atoms with Crippen LogP contribution in [0.25, 0.3) is 0 Å². The van der Waals surface area contributed by atoms with E-state index in [2.05, 4.69) is 10.0 Å². The summed E-state index contributed by atoms with van der Waals surface area (Å²) in [7, 11) is -2.07. The lowest BCUT2D eigenvalue weighted by Gasteiger charge is -2.09. The van der Waals surface area contributed by atoms with Gasteiger partial charge in [-0.1, -0.05) is 0 Å². The number of halogens is 1. The van der Waals surface area contributed by atoms with Crippen molar-refractivity contribution >= 4 is 15.7 Å². The third kappa shape index (κ3) is 3.25. The Labute approximate surface area is 123 Å². The zero-order valence-corrected chi connectivity index (χ0v) is 12.8. The van der Waals surface area contributed by atoms with Crippen LogP contribution < -0.4 is 10.0 Å². The number of aryl methyl sites for hydroxylation is 2. The van der Waals surface area contributed by atoms with E-state index in [1.807, 2.05) is 0 Å². The Morgan fingerprint density at radius 2 is 1.76 bits per heavy atom. The molecule has 21 heavy (non-hydrogen) atoms. The fraction of sp³-hybridized carbons (Fsp3) is 0.286. The van der Waals surface area contributed by atoms with Crippen LogP contribution in [0.1, 0.15) is 17.1 Å². The predicted molar refractivity (Wildman–Crippen MR) is 78.2 cm³/mol. The van der Waals surface area contributed by atoms with Crippen LogP contribution in [0.5, 0.6) is 0 Å². The van der Waals surface area contributed by atoms with Crippen molar-refractivity contribution in [2.75, 3.05) is 11.8 Å². The molecule has 5 nitrogen and oxygen atoms in total. The van der Waals surface area contributed by atoms with Crippen molar-refractivity contribution in [2.45, 2.75) is 25.3 Å². The molecule has 2 N–H and O–H groups in total. The second-order valence-corrected chi connectivity index (χ2v) is 6.28. The van der Waals surface area contributed by atoms with Crippen LogP contribution in [0.2, 0.25) is 0 Å². The molecule has 0 atom stereocenters. The van der Waals surface area contributed by atoms with E-state index in [0.717, 1.165) is 0 Å². The van der Waals surface area contributed by atoms with E-state index < -0.39 is 15.8 Å². The molecule has 0 aliphatic heterocycles. The highest BCUT2D eigenvalue weighted by Crippen LogP contribution is 2.28. The van der Waals surface area contributed by atoms with Crippen LogP contribution in [-0.4, -0.2) is 15.5 Å². The van der Waals surface area contributed by atoms with Gasteiger partial charge in [0.1, 0.15) is 22.2 Å². The molecular weight excluding hydrogens is 295 g/mol. The van der Waals surface area contributed by atoms with Gasteiger partial charge in [0.2, 0.25) is 0 Å². The summed E-state index contributed by atoms with van der Waals surface area (Å²) >= 11 is 0. The Hall–Kier alpha value is -1.86. The van der Waals surface area contributed by atoms with E-state index in [4.69, 9.17) is 4.42 Å². The number of rotatable bonds is 5. The molecule has 0 saturated carbocycles. The van der Waals surface area contributed by atoms with Gasteiger partial charge in [0.25, 0.3) is 10.0 Å². The molecule has 1 heterocycles. The van der Waals surface area contributed by atoms with Crippen molar-refractivity contribution in [3.63, 3.8) is 0 Å². The van der Waals surface area contributed by atoms with Crippen LogP contribution in [-0.2, 0) is 16.6 Å². The minimum absolute atomic E-state index is 0.124. The lowest BCUT2D eigenvalue weighted by Crippen LogP contribution is -2.17. The molecule has 0 spiro atoms. The fourth-order valence-electron chi connectivity index (χ4n) is 2.17. The van der Waals surface area contributed by atoms with Gasteiger partial charge in [-0.05, 0) is 45.2 Å². The molecule has 0 radical (unpaired) electrons. The van der Waals surface area contributed by atoms with Gasteiger partial charge in [0.05, 0.1) is 0 Å². The Kier molecular flexibility index (Phi) is 4.34. The van der Waals surface area contributed by atoms with Gasteiger partial charge in [-0.3, -0.25) is 4.72 Å². The Balaban J connectivity index is 2.42. The maximum Gasteiger partial charge on any atom is 0.265 e. The number of hydrogen-bond donors (Lipinski definition) is 2. The first-order valence-corrected chi connectivity index (χ1v) is 7.85. The average molecular weight is 312 g/mol. The predicted octanol–water partition coefficient (Wildman–Crippen LogP) is 2.56. The first-order valence-electron chi connectivity index (χ1n) is 6.37. The first-order chi connectivity index (χ1) is 9.85. The standard InChI is InChI=1S/C14H17FN2O3S/c1-9-13(8-16-3)14(10(2)20-9)21(18,19)17-12-6-4-11(15)5-7-12/h4-7,16-17H,8H2,1-3H3. The van der Waals surface area contributed by atoms with Gasteiger partial charge in [-0.2, -0.15) is 0 Å². The highest BCUT2D eigenvalue weighted by atomic mass is 32.2. The topological polar surface area (TPSA) is 71.3 Å². The van der Waals surface area contributed by atoms with E-state index >= 15 is 0 Å². The van der Waals surface area contributed by atoms with Crippen molar-refractivity contribution in [1.82, 2.24) is 5.32 Å². The fourth-order valence-corrected chi connectivity index (χ4v) is 3.68. The quantitative estimate of drug-likeness (QED) is 0.890. The van der Waals surface area contributed by atoms with Crippen molar-refractivity contribution < 1.29 is 17.2 Å². The summed E-state index contributed by atoms with van der Waals surface area (Å²) in [4.78, 5) is 0.124. The summed E-state index contributed by atoms with van der Waals surface area (Å²) in [5.74, 6) is 0.456. The number of benzene rings is 1. The largest absolute Gasteiger partial charge is 0.465 e. The maximum absolute atomic E-state index is 12.9. The SMILES string of the molecule is CNCc1c(C)oc(C)c1S(=O)(=O)Nc1ccc(F)cc1. The van der Waals surface area contributed by atoms with Crippen molar-refractivity contribution in [3.8, 4) is 0 Å². The number of anilines is 1. The summed E-state index contributed by atoms with van der Waals surface area (Å²) in [6.07, 6.45) is 0. The van der Waals surface area contributed by atoms with E-state index in [0.29, 0.717) is 29.3 Å². The molecule has 0 unspecified atom stereocenters. The second kappa shape index (κ2) is 5.87. The van der Waals surface area contributed by atoms with Gasteiger partial charge in [-0.15, -0.1) is 0 Å². The molecule has 114 valence electrons.